The van der Waals surface area contributed by atoms with Gasteiger partial charge in [0.05, 0.1) is 4.92 Å². The molecule has 1 rings (SSSR count). The van der Waals surface area contributed by atoms with Gasteiger partial charge >= 0.3 is 12.0 Å². The molecular formula is C12H11F3N2O4. The number of rotatable bonds is 5. The lowest BCUT2D eigenvalue weighted by Crippen LogP contribution is -2.44. The van der Waals surface area contributed by atoms with Crippen LogP contribution in [-0.2, 0) is 16.0 Å². The van der Waals surface area contributed by atoms with Crippen molar-refractivity contribution in [3.63, 3.8) is 0 Å². The first-order valence-electron chi connectivity index (χ1n) is 5.77. The van der Waals surface area contributed by atoms with E-state index in [1.807, 2.05) is 5.32 Å². The maximum absolute atomic E-state index is 12.0. The standard InChI is InChI=1S/C12H11F3N2O4/c1-7(16-11(19)10(18)12(13,14)15)6-8-4-2-3-5-9(8)17(20)21/h2-5,7H,6H2,1H3,(H,16,19). The molecule has 1 aromatic rings. The Hall–Kier alpha value is -2.45. The van der Waals surface area contributed by atoms with E-state index in [0.717, 1.165) is 0 Å². The molecule has 1 amide bonds. The molecule has 114 valence electrons. The first-order valence-corrected chi connectivity index (χ1v) is 5.77. The molecule has 9 heteroatoms. The molecule has 1 N–H and O–H groups in total. The van der Waals surface area contributed by atoms with Crippen LogP contribution in [0.25, 0.3) is 0 Å². The van der Waals surface area contributed by atoms with Gasteiger partial charge in [-0.25, -0.2) is 0 Å². The van der Waals surface area contributed by atoms with Crippen LogP contribution in [0.2, 0.25) is 0 Å². The number of alkyl halides is 3. The Bertz CT molecular complexity index is 572. The number of carbonyl (C=O) groups excluding carboxylic acids is 2. The van der Waals surface area contributed by atoms with E-state index in [1.54, 1.807) is 0 Å². The lowest BCUT2D eigenvalue weighted by Gasteiger charge is -2.14. The van der Waals surface area contributed by atoms with Gasteiger partial charge in [0.1, 0.15) is 0 Å². The predicted octanol–water partition coefficient (Wildman–Crippen LogP) is 1.77. The average Bonchev–Trinajstić information content (AvgIpc) is 2.36. The molecule has 1 atom stereocenters. The van der Waals surface area contributed by atoms with Gasteiger partial charge in [-0.15, -0.1) is 0 Å². The summed E-state index contributed by atoms with van der Waals surface area (Å²) < 4.78 is 36.1. The first-order chi connectivity index (χ1) is 9.62. The summed E-state index contributed by atoms with van der Waals surface area (Å²) in [6.07, 6.45) is -5.32. The fourth-order valence-electron chi connectivity index (χ4n) is 1.66. The molecule has 1 unspecified atom stereocenters. The van der Waals surface area contributed by atoms with Gasteiger partial charge in [-0.3, -0.25) is 19.7 Å². The van der Waals surface area contributed by atoms with E-state index in [2.05, 4.69) is 0 Å². The topological polar surface area (TPSA) is 89.3 Å². The van der Waals surface area contributed by atoms with Crippen molar-refractivity contribution in [3.8, 4) is 0 Å². The highest BCUT2D eigenvalue weighted by Gasteiger charge is 2.43. The third-order valence-corrected chi connectivity index (χ3v) is 2.56. The third-order valence-electron chi connectivity index (χ3n) is 2.56. The Kier molecular flexibility index (Phi) is 5.01. The number of amides is 1. The predicted molar refractivity (Wildman–Crippen MR) is 65.5 cm³/mol. The highest BCUT2D eigenvalue weighted by atomic mass is 19.4. The molecule has 6 nitrogen and oxygen atoms in total. The summed E-state index contributed by atoms with van der Waals surface area (Å²) in [6.45, 7) is 1.35. The van der Waals surface area contributed by atoms with Gasteiger partial charge in [0.15, 0.2) is 0 Å². The molecule has 0 aliphatic carbocycles. The molecule has 0 bridgehead atoms. The van der Waals surface area contributed by atoms with Gasteiger partial charge < -0.3 is 5.32 Å². The highest BCUT2D eigenvalue weighted by Crippen LogP contribution is 2.19. The lowest BCUT2D eigenvalue weighted by molar-refractivity contribution is -0.385. The van der Waals surface area contributed by atoms with Crippen molar-refractivity contribution in [1.29, 1.82) is 0 Å². The van der Waals surface area contributed by atoms with Crippen molar-refractivity contribution in [3.05, 3.63) is 39.9 Å². The molecule has 21 heavy (non-hydrogen) atoms. The molecular weight excluding hydrogens is 293 g/mol. The normalized spacial score (nSPS) is 12.6. The fraction of sp³-hybridized carbons (Fsp3) is 0.333. The van der Waals surface area contributed by atoms with Crippen LogP contribution in [0.15, 0.2) is 24.3 Å². The number of carbonyl (C=O) groups is 2. The Morgan fingerprint density at radius 1 is 1.33 bits per heavy atom. The third kappa shape index (κ3) is 4.55. The largest absolute Gasteiger partial charge is 0.460 e. The molecule has 0 saturated carbocycles. The molecule has 0 aromatic heterocycles. The Labute approximate surface area is 117 Å². The number of hydrogen-bond donors (Lipinski definition) is 1. The summed E-state index contributed by atoms with van der Waals surface area (Å²) >= 11 is 0. The van der Waals surface area contributed by atoms with E-state index in [4.69, 9.17) is 0 Å². The smallest absolute Gasteiger partial charge is 0.346 e. The number of nitro benzene ring substituents is 1. The van der Waals surface area contributed by atoms with Crippen molar-refractivity contribution < 1.29 is 27.7 Å². The van der Waals surface area contributed by atoms with Gasteiger partial charge in [-0.2, -0.15) is 13.2 Å². The van der Waals surface area contributed by atoms with E-state index in [0.29, 0.717) is 0 Å². The lowest BCUT2D eigenvalue weighted by atomic mass is 10.1. The number of hydrogen-bond acceptors (Lipinski definition) is 4. The van der Waals surface area contributed by atoms with Gasteiger partial charge in [0, 0.05) is 17.7 Å². The zero-order chi connectivity index (χ0) is 16.2. The number of nitrogens with zero attached hydrogens (tertiary/aromatic N) is 1. The minimum absolute atomic E-state index is 0.0754. The maximum Gasteiger partial charge on any atom is 0.460 e. The van der Waals surface area contributed by atoms with Crippen LogP contribution in [0.1, 0.15) is 12.5 Å². The first kappa shape index (κ1) is 16.6. The minimum Gasteiger partial charge on any atom is -0.346 e. The number of nitro groups is 1. The van der Waals surface area contributed by atoms with Crippen LogP contribution >= 0.6 is 0 Å². The second-order valence-corrected chi connectivity index (χ2v) is 4.29. The summed E-state index contributed by atoms with van der Waals surface area (Å²) in [4.78, 5) is 31.9. The summed E-state index contributed by atoms with van der Waals surface area (Å²) in [7, 11) is 0. The molecule has 0 fully saturated rings. The van der Waals surface area contributed by atoms with Crippen molar-refractivity contribution in [1.82, 2.24) is 5.32 Å². The van der Waals surface area contributed by atoms with Gasteiger partial charge in [-0.05, 0) is 13.3 Å². The Morgan fingerprint density at radius 3 is 2.43 bits per heavy atom. The van der Waals surface area contributed by atoms with Gasteiger partial charge in [-0.1, -0.05) is 18.2 Å². The molecule has 0 aliphatic heterocycles. The SMILES string of the molecule is CC(Cc1ccccc1[N+](=O)[O-])NC(=O)C(=O)C(F)(F)F. The van der Waals surface area contributed by atoms with E-state index in [-0.39, 0.29) is 17.7 Å². The zero-order valence-electron chi connectivity index (χ0n) is 10.8. The number of ketones is 1. The monoisotopic (exact) mass is 304 g/mol. The Balaban J connectivity index is 2.75. The molecule has 1 aromatic carbocycles. The van der Waals surface area contributed by atoms with Crippen molar-refractivity contribution in [2.45, 2.75) is 25.6 Å². The van der Waals surface area contributed by atoms with Gasteiger partial charge in [0.25, 0.3) is 11.6 Å². The maximum atomic E-state index is 12.0. The van der Waals surface area contributed by atoms with Crippen LogP contribution in [0.4, 0.5) is 18.9 Å². The summed E-state index contributed by atoms with van der Waals surface area (Å²) in [6, 6.07) is 4.76. The van der Waals surface area contributed by atoms with Gasteiger partial charge in [0.2, 0.25) is 0 Å². The molecule has 0 radical (unpaired) electrons. The number of benzene rings is 1. The van der Waals surface area contributed by atoms with Crippen LogP contribution < -0.4 is 5.32 Å². The van der Waals surface area contributed by atoms with E-state index < -0.39 is 28.8 Å². The molecule has 0 spiro atoms. The highest BCUT2D eigenvalue weighted by molar-refractivity contribution is 6.38. The second kappa shape index (κ2) is 6.33. The molecule has 0 saturated heterocycles. The van der Waals surface area contributed by atoms with Crippen LogP contribution in [0, 0.1) is 10.1 Å². The van der Waals surface area contributed by atoms with Crippen molar-refractivity contribution >= 4 is 17.4 Å². The van der Waals surface area contributed by atoms with E-state index >= 15 is 0 Å². The fourth-order valence-corrected chi connectivity index (χ4v) is 1.66. The average molecular weight is 304 g/mol. The minimum atomic E-state index is -5.25. The van der Waals surface area contributed by atoms with E-state index in [1.165, 1.54) is 31.2 Å². The number of nitrogens with one attached hydrogen (secondary N) is 1. The summed E-state index contributed by atoms with van der Waals surface area (Å²) in [5.74, 6) is -4.29. The van der Waals surface area contributed by atoms with Crippen LogP contribution in [0.5, 0.6) is 0 Å². The Morgan fingerprint density at radius 2 is 1.90 bits per heavy atom. The van der Waals surface area contributed by atoms with Crippen molar-refractivity contribution in [2.75, 3.05) is 0 Å². The van der Waals surface area contributed by atoms with E-state index in [9.17, 15) is 32.9 Å². The molecule has 0 heterocycles. The summed E-state index contributed by atoms with van der Waals surface area (Å²) in [5, 5.41) is 12.7. The van der Waals surface area contributed by atoms with Crippen molar-refractivity contribution in [2.24, 2.45) is 0 Å². The summed E-state index contributed by atoms with van der Waals surface area (Å²) in [5.41, 5.74) is 0.0375. The second-order valence-electron chi connectivity index (χ2n) is 4.29. The number of para-hydroxylation sites is 1. The van der Waals surface area contributed by atoms with Crippen LogP contribution in [-0.4, -0.2) is 28.8 Å². The number of halogens is 3. The number of Topliss-reactive ketones (excluding diaryl/α,β-unsaturated/α-hetero) is 1. The zero-order valence-corrected chi connectivity index (χ0v) is 10.8. The molecule has 0 aliphatic rings. The van der Waals surface area contributed by atoms with Crippen LogP contribution in [0.3, 0.4) is 0 Å². The quantitative estimate of drug-likeness (QED) is 0.510.